The molecule has 0 saturated heterocycles. The van der Waals surface area contributed by atoms with Crippen LogP contribution in [0.25, 0.3) is 11.3 Å². The Balaban J connectivity index is 2.65. The first-order valence-corrected chi connectivity index (χ1v) is 4.98. The summed E-state index contributed by atoms with van der Waals surface area (Å²) in [6, 6.07) is 6.60. The molecule has 0 unspecified atom stereocenters. The van der Waals surface area contributed by atoms with Crippen LogP contribution in [0.1, 0.15) is 0 Å². The molecule has 0 spiro atoms. The number of benzene rings is 1. The number of nitrogens with two attached hydrogens (primary N) is 1. The van der Waals surface area contributed by atoms with Crippen molar-refractivity contribution in [1.29, 1.82) is 0 Å². The van der Waals surface area contributed by atoms with Gasteiger partial charge in [-0.25, -0.2) is 9.97 Å². The minimum atomic E-state index is -0.560. The van der Waals surface area contributed by atoms with Gasteiger partial charge in [0.2, 0.25) is 5.95 Å². The minimum Gasteiger partial charge on any atom is -0.368 e. The third-order valence-electron chi connectivity index (χ3n) is 2.08. The van der Waals surface area contributed by atoms with E-state index in [4.69, 9.17) is 17.3 Å². The van der Waals surface area contributed by atoms with E-state index in [0.717, 1.165) is 6.20 Å². The van der Waals surface area contributed by atoms with Gasteiger partial charge in [0, 0.05) is 10.6 Å². The Morgan fingerprint density at radius 1 is 1.41 bits per heavy atom. The van der Waals surface area contributed by atoms with Gasteiger partial charge < -0.3 is 5.73 Å². The summed E-state index contributed by atoms with van der Waals surface area (Å²) in [6.07, 6.45) is 1.08. The van der Waals surface area contributed by atoms with Gasteiger partial charge >= 0.3 is 5.69 Å². The molecule has 1 aromatic carbocycles. The molecule has 0 aliphatic heterocycles. The van der Waals surface area contributed by atoms with Gasteiger partial charge in [-0.3, -0.25) is 10.1 Å². The molecule has 2 N–H and O–H groups in total. The Hall–Kier alpha value is -2.21. The molecule has 86 valence electrons. The second-order valence-electron chi connectivity index (χ2n) is 3.23. The number of aromatic nitrogens is 2. The van der Waals surface area contributed by atoms with E-state index in [1.165, 1.54) is 0 Å². The van der Waals surface area contributed by atoms with E-state index in [1.54, 1.807) is 24.3 Å². The van der Waals surface area contributed by atoms with Crippen molar-refractivity contribution in [3.8, 4) is 11.3 Å². The molecular weight excluding hydrogens is 244 g/mol. The minimum absolute atomic E-state index is 0.0226. The largest absolute Gasteiger partial charge is 0.368 e. The summed E-state index contributed by atoms with van der Waals surface area (Å²) in [5, 5.41) is 11.3. The van der Waals surface area contributed by atoms with Gasteiger partial charge in [0.05, 0.1) is 4.92 Å². The standard InChI is InChI=1S/C10H7ClN4O2/c11-7-3-1-2-6(4-7)9-8(15(16)17)5-13-10(12)14-9/h1-5H,(H2,12,13,14). The summed E-state index contributed by atoms with van der Waals surface area (Å²) in [5.74, 6) is -0.0226. The van der Waals surface area contributed by atoms with Gasteiger partial charge in [-0.2, -0.15) is 0 Å². The molecule has 0 amide bonds. The van der Waals surface area contributed by atoms with Crippen molar-refractivity contribution in [2.75, 3.05) is 5.73 Å². The molecule has 0 aliphatic rings. The lowest BCUT2D eigenvalue weighted by atomic mass is 10.1. The summed E-state index contributed by atoms with van der Waals surface area (Å²) in [4.78, 5) is 17.8. The van der Waals surface area contributed by atoms with Gasteiger partial charge in [0.1, 0.15) is 6.20 Å². The summed E-state index contributed by atoms with van der Waals surface area (Å²) in [6.45, 7) is 0. The Morgan fingerprint density at radius 2 is 2.18 bits per heavy atom. The molecule has 17 heavy (non-hydrogen) atoms. The van der Waals surface area contributed by atoms with Crippen molar-refractivity contribution in [1.82, 2.24) is 9.97 Å². The van der Waals surface area contributed by atoms with E-state index in [0.29, 0.717) is 10.6 Å². The number of nitrogens with zero attached hydrogens (tertiary/aromatic N) is 3. The van der Waals surface area contributed by atoms with E-state index in [-0.39, 0.29) is 17.3 Å². The average Bonchev–Trinajstić information content (AvgIpc) is 2.28. The molecule has 2 aromatic rings. The SMILES string of the molecule is Nc1ncc([N+](=O)[O-])c(-c2cccc(Cl)c2)n1. The van der Waals surface area contributed by atoms with Gasteiger partial charge in [0.15, 0.2) is 5.69 Å². The Labute approximate surface area is 101 Å². The molecule has 6 nitrogen and oxygen atoms in total. The Kier molecular flexibility index (Phi) is 2.88. The van der Waals surface area contributed by atoms with Crippen molar-refractivity contribution < 1.29 is 4.92 Å². The molecular formula is C10H7ClN4O2. The lowest BCUT2D eigenvalue weighted by molar-refractivity contribution is -0.384. The third-order valence-corrected chi connectivity index (χ3v) is 2.32. The van der Waals surface area contributed by atoms with Crippen LogP contribution < -0.4 is 5.73 Å². The normalized spacial score (nSPS) is 10.2. The fourth-order valence-electron chi connectivity index (χ4n) is 1.37. The molecule has 0 saturated carbocycles. The number of rotatable bonds is 2. The summed E-state index contributed by atoms with van der Waals surface area (Å²) in [5.41, 5.74) is 5.90. The first-order chi connectivity index (χ1) is 8.08. The molecule has 0 radical (unpaired) electrons. The highest BCUT2D eigenvalue weighted by molar-refractivity contribution is 6.30. The van der Waals surface area contributed by atoms with Crippen LogP contribution in [0, 0.1) is 10.1 Å². The fourth-order valence-corrected chi connectivity index (χ4v) is 1.56. The van der Waals surface area contributed by atoms with Crippen LogP contribution in [0.5, 0.6) is 0 Å². The highest BCUT2D eigenvalue weighted by atomic mass is 35.5. The number of nitro groups is 1. The lowest BCUT2D eigenvalue weighted by Gasteiger charge is -2.03. The van der Waals surface area contributed by atoms with Crippen LogP contribution in [0.3, 0.4) is 0 Å². The molecule has 0 aliphatic carbocycles. The zero-order chi connectivity index (χ0) is 12.4. The van der Waals surface area contributed by atoms with Crippen LogP contribution in [-0.2, 0) is 0 Å². The van der Waals surface area contributed by atoms with Crippen LogP contribution in [0.4, 0.5) is 11.6 Å². The Bertz CT molecular complexity index is 588. The summed E-state index contributed by atoms with van der Waals surface area (Å²) >= 11 is 5.82. The number of hydrogen-bond acceptors (Lipinski definition) is 5. The highest BCUT2D eigenvalue weighted by Gasteiger charge is 2.18. The van der Waals surface area contributed by atoms with Crippen molar-refractivity contribution in [2.24, 2.45) is 0 Å². The topological polar surface area (TPSA) is 94.9 Å². The van der Waals surface area contributed by atoms with E-state index in [1.807, 2.05) is 0 Å². The predicted molar refractivity (Wildman–Crippen MR) is 63.5 cm³/mol. The molecule has 0 atom stereocenters. The molecule has 0 fully saturated rings. The zero-order valence-corrected chi connectivity index (χ0v) is 9.26. The predicted octanol–water partition coefficient (Wildman–Crippen LogP) is 2.29. The van der Waals surface area contributed by atoms with Crippen molar-refractivity contribution in [3.05, 3.63) is 45.6 Å². The second kappa shape index (κ2) is 4.34. The number of anilines is 1. The van der Waals surface area contributed by atoms with Crippen molar-refractivity contribution >= 4 is 23.2 Å². The molecule has 1 heterocycles. The smallest absolute Gasteiger partial charge is 0.313 e. The molecule has 0 bridgehead atoms. The zero-order valence-electron chi connectivity index (χ0n) is 8.50. The fraction of sp³-hybridized carbons (Fsp3) is 0. The van der Waals surface area contributed by atoms with Crippen molar-refractivity contribution in [3.63, 3.8) is 0 Å². The maximum absolute atomic E-state index is 10.8. The third kappa shape index (κ3) is 2.31. The Morgan fingerprint density at radius 3 is 2.82 bits per heavy atom. The summed E-state index contributed by atoms with van der Waals surface area (Å²) < 4.78 is 0. The maximum Gasteiger partial charge on any atom is 0.313 e. The quantitative estimate of drug-likeness (QED) is 0.652. The molecule has 1 aromatic heterocycles. The van der Waals surface area contributed by atoms with E-state index >= 15 is 0 Å². The second-order valence-corrected chi connectivity index (χ2v) is 3.67. The van der Waals surface area contributed by atoms with Crippen LogP contribution in [0.15, 0.2) is 30.5 Å². The number of hydrogen-bond donors (Lipinski definition) is 1. The van der Waals surface area contributed by atoms with Gasteiger partial charge in [-0.15, -0.1) is 0 Å². The first kappa shape index (κ1) is 11.3. The molecule has 2 rings (SSSR count). The van der Waals surface area contributed by atoms with Gasteiger partial charge in [-0.1, -0.05) is 23.7 Å². The van der Waals surface area contributed by atoms with Gasteiger partial charge in [0.25, 0.3) is 0 Å². The average molecular weight is 251 g/mol. The highest BCUT2D eigenvalue weighted by Crippen LogP contribution is 2.29. The molecule has 7 heteroatoms. The van der Waals surface area contributed by atoms with Gasteiger partial charge in [-0.05, 0) is 12.1 Å². The summed E-state index contributed by atoms with van der Waals surface area (Å²) in [7, 11) is 0. The van der Waals surface area contributed by atoms with Crippen molar-refractivity contribution in [2.45, 2.75) is 0 Å². The van der Waals surface area contributed by atoms with E-state index in [9.17, 15) is 10.1 Å². The monoisotopic (exact) mass is 250 g/mol. The number of nitrogen functional groups attached to an aromatic ring is 1. The van der Waals surface area contributed by atoms with Crippen LogP contribution in [-0.4, -0.2) is 14.9 Å². The first-order valence-electron chi connectivity index (χ1n) is 4.61. The number of halogens is 1. The van der Waals surface area contributed by atoms with E-state index < -0.39 is 4.92 Å². The van der Waals surface area contributed by atoms with E-state index in [2.05, 4.69) is 9.97 Å². The van der Waals surface area contributed by atoms with Crippen LogP contribution in [0.2, 0.25) is 5.02 Å². The maximum atomic E-state index is 10.8. The van der Waals surface area contributed by atoms with Crippen LogP contribution >= 0.6 is 11.6 Å². The lowest BCUT2D eigenvalue weighted by Crippen LogP contribution is -2.00.